The number of rotatable bonds is 3. The fraction of sp³-hybridized carbons (Fsp3) is 0.538. The van der Waals surface area contributed by atoms with Gasteiger partial charge in [0, 0.05) is 32.7 Å². The number of benzene rings is 1. The molecule has 0 bridgehead atoms. The third-order valence-electron chi connectivity index (χ3n) is 3.29. The summed E-state index contributed by atoms with van der Waals surface area (Å²) in [6.45, 7) is 5.81. The molecule has 0 unspecified atom stereocenters. The van der Waals surface area contributed by atoms with Crippen LogP contribution in [0.5, 0.6) is 0 Å². The van der Waals surface area contributed by atoms with Gasteiger partial charge in [-0.3, -0.25) is 4.90 Å². The van der Waals surface area contributed by atoms with Crippen LogP contribution in [0, 0.1) is 6.92 Å². The number of nitrogens with zero attached hydrogens (tertiary/aromatic N) is 2. The molecule has 1 aliphatic rings. The molecule has 100 valence electrons. The quantitative estimate of drug-likeness (QED) is 0.823. The Morgan fingerprint density at radius 1 is 1.17 bits per heavy atom. The first-order valence-electron chi connectivity index (χ1n) is 6.18. The van der Waals surface area contributed by atoms with Gasteiger partial charge in [0.2, 0.25) is 10.0 Å². The number of hydrogen-bond donors (Lipinski definition) is 0. The van der Waals surface area contributed by atoms with Crippen molar-refractivity contribution < 1.29 is 8.42 Å². The molecule has 1 heterocycles. The van der Waals surface area contributed by atoms with Crippen molar-refractivity contribution in [2.24, 2.45) is 0 Å². The zero-order valence-corrected chi connectivity index (χ0v) is 11.8. The van der Waals surface area contributed by atoms with Gasteiger partial charge in [-0.1, -0.05) is 29.8 Å². The molecule has 0 aromatic heterocycles. The van der Waals surface area contributed by atoms with Crippen molar-refractivity contribution in [1.82, 2.24) is 9.21 Å². The molecule has 1 aliphatic heterocycles. The summed E-state index contributed by atoms with van der Waals surface area (Å²) in [6, 6.07) is 8.46. The van der Waals surface area contributed by atoms with E-state index in [0.29, 0.717) is 13.1 Å². The van der Waals surface area contributed by atoms with Crippen LogP contribution in [-0.2, 0) is 16.6 Å². The van der Waals surface area contributed by atoms with Gasteiger partial charge in [-0.2, -0.15) is 4.31 Å². The summed E-state index contributed by atoms with van der Waals surface area (Å²) in [5, 5.41) is 0. The van der Waals surface area contributed by atoms with Crippen LogP contribution in [0.25, 0.3) is 0 Å². The van der Waals surface area contributed by atoms with E-state index in [1.807, 2.05) is 0 Å². The van der Waals surface area contributed by atoms with Gasteiger partial charge in [0.15, 0.2) is 0 Å². The molecule has 0 amide bonds. The fourth-order valence-corrected chi connectivity index (χ4v) is 3.11. The Morgan fingerprint density at radius 3 is 2.39 bits per heavy atom. The maximum absolute atomic E-state index is 11.4. The average Bonchev–Trinajstić information content (AvgIpc) is 2.28. The number of hydrogen-bond acceptors (Lipinski definition) is 3. The van der Waals surface area contributed by atoms with Crippen molar-refractivity contribution in [3.05, 3.63) is 35.4 Å². The Hall–Kier alpha value is -0.910. The maximum atomic E-state index is 11.4. The Labute approximate surface area is 109 Å². The van der Waals surface area contributed by atoms with Gasteiger partial charge in [-0.05, 0) is 12.5 Å². The van der Waals surface area contributed by atoms with Crippen LogP contribution >= 0.6 is 0 Å². The molecular weight excluding hydrogens is 248 g/mol. The Balaban J connectivity index is 1.91. The summed E-state index contributed by atoms with van der Waals surface area (Å²) in [6.07, 6.45) is 1.28. The molecule has 5 heteroatoms. The molecule has 18 heavy (non-hydrogen) atoms. The topological polar surface area (TPSA) is 40.6 Å². The highest BCUT2D eigenvalue weighted by Crippen LogP contribution is 2.11. The first-order chi connectivity index (χ1) is 8.45. The lowest BCUT2D eigenvalue weighted by atomic mass is 10.1. The monoisotopic (exact) mass is 268 g/mol. The second-order valence-electron chi connectivity index (χ2n) is 4.93. The summed E-state index contributed by atoms with van der Waals surface area (Å²) >= 11 is 0. The lowest BCUT2D eigenvalue weighted by Crippen LogP contribution is -2.47. The molecule has 1 saturated heterocycles. The molecule has 0 atom stereocenters. The van der Waals surface area contributed by atoms with E-state index in [0.717, 1.165) is 19.6 Å². The average molecular weight is 268 g/mol. The van der Waals surface area contributed by atoms with Crippen molar-refractivity contribution >= 4 is 10.0 Å². The van der Waals surface area contributed by atoms with E-state index in [1.54, 1.807) is 4.31 Å². The van der Waals surface area contributed by atoms with Gasteiger partial charge >= 0.3 is 0 Å². The molecule has 0 radical (unpaired) electrons. The number of sulfonamides is 1. The van der Waals surface area contributed by atoms with Crippen LogP contribution in [0.2, 0.25) is 0 Å². The normalized spacial score (nSPS) is 19.0. The lowest BCUT2D eigenvalue weighted by Gasteiger charge is -2.33. The van der Waals surface area contributed by atoms with Crippen molar-refractivity contribution in [1.29, 1.82) is 0 Å². The summed E-state index contributed by atoms with van der Waals surface area (Å²) in [7, 11) is -3.02. The van der Waals surface area contributed by atoms with Gasteiger partial charge in [0.1, 0.15) is 0 Å². The highest BCUT2D eigenvalue weighted by atomic mass is 32.2. The molecule has 0 N–H and O–H groups in total. The minimum atomic E-state index is -3.02. The molecule has 4 nitrogen and oxygen atoms in total. The summed E-state index contributed by atoms with van der Waals surface area (Å²) < 4.78 is 24.4. The van der Waals surface area contributed by atoms with E-state index in [9.17, 15) is 8.42 Å². The molecular formula is C13H20N2O2S. The SMILES string of the molecule is Cc1cccc(CN2CCN(S(C)(=O)=O)CC2)c1. The lowest BCUT2D eigenvalue weighted by molar-refractivity contribution is 0.182. The molecule has 0 spiro atoms. The number of piperazine rings is 1. The number of aryl methyl sites for hydroxylation is 1. The van der Waals surface area contributed by atoms with Crippen LogP contribution in [-0.4, -0.2) is 50.1 Å². The van der Waals surface area contributed by atoms with Crippen molar-refractivity contribution in [3.63, 3.8) is 0 Å². The fourth-order valence-electron chi connectivity index (χ4n) is 2.29. The second-order valence-corrected chi connectivity index (χ2v) is 6.91. The first-order valence-corrected chi connectivity index (χ1v) is 8.03. The minimum Gasteiger partial charge on any atom is -0.296 e. The predicted octanol–water partition coefficient (Wildman–Crippen LogP) is 1.07. The van der Waals surface area contributed by atoms with Crippen LogP contribution in [0.3, 0.4) is 0 Å². The van der Waals surface area contributed by atoms with Crippen LogP contribution in [0.15, 0.2) is 24.3 Å². The van der Waals surface area contributed by atoms with Crippen molar-refractivity contribution in [3.8, 4) is 0 Å². The van der Waals surface area contributed by atoms with E-state index < -0.39 is 10.0 Å². The molecule has 0 saturated carbocycles. The standard InChI is InChI=1S/C13H20N2O2S/c1-12-4-3-5-13(10-12)11-14-6-8-15(9-7-14)18(2,16)17/h3-5,10H,6-9,11H2,1-2H3. The Kier molecular flexibility index (Phi) is 4.04. The Morgan fingerprint density at radius 2 is 1.83 bits per heavy atom. The predicted molar refractivity (Wildman–Crippen MR) is 72.9 cm³/mol. The summed E-state index contributed by atoms with van der Waals surface area (Å²) in [5.41, 5.74) is 2.56. The zero-order valence-electron chi connectivity index (χ0n) is 11.0. The highest BCUT2D eigenvalue weighted by Gasteiger charge is 2.23. The van der Waals surface area contributed by atoms with Gasteiger partial charge in [0.25, 0.3) is 0 Å². The summed E-state index contributed by atoms with van der Waals surface area (Å²) in [5.74, 6) is 0. The maximum Gasteiger partial charge on any atom is 0.211 e. The van der Waals surface area contributed by atoms with Crippen LogP contribution in [0.4, 0.5) is 0 Å². The van der Waals surface area contributed by atoms with E-state index >= 15 is 0 Å². The van der Waals surface area contributed by atoms with Crippen LogP contribution < -0.4 is 0 Å². The van der Waals surface area contributed by atoms with E-state index in [2.05, 4.69) is 36.1 Å². The van der Waals surface area contributed by atoms with E-state index in [4.69, 9.17) is 0 Å². The molecule has 1 aromatic carbocycles. The highest BCUT2D eigenvalue weighted by molar-refractivity contribution is 7.88. The molecule has 0 aliphatic carbocycles. The minimum absolute atomic E-state index is 0.602. The molecule has 1 aromatic rings. The van der Waals surface area contributed by atoms with Gasteiger partial charge in [0.05, 0.1) is 6.26 Å². The smallest absolute Gasteiger partial charge is 0.211 e. The van der Waals surface area contributed by atoms with E-state index in [-0.39, 0.29) is 0 Å². The van der Waals surface area contributed by atoms with Gasteiger partial charge < -0.3 is 0 Å². The van der Waals surface area contributed by atoms with Crippen LogP contribution in [0.1, 0.15) is 11.1 Å². The van der Waals surface area contributed by atoms with Gasteiger partial charge in [-0.25, -0.2) is 8.42 Å². The third kappa shape index (κ3) is 3.54. The second kappa shape index (κ2) is 5.38. The van der Waals surface area contributed by atoms with Crippen molar-refractivity contribution in [2.75, 3.05) is 32.4 Å². The zero-order chi connectivity index (χ0) is 13.2. The first kappa shape index (κ1) is 13.5. The molecule has 2 rings (SSSR count). The molecule has 1 fully saturated rings. The van der Waals surface area contributed by atoms with E-state index in [1.165, 1.54) is 17.4 Å². The largest absolute Gasteiger partial charge is 0.296 e. The Bertz CT molecular complexity index is 505. The van der Waals surface area contributed by atoms with Crippen molar-refractivity contribution in [2.45, 2.75) is 13.5 Å². The van der Waals surface area contributed by atoms with Gasteiger partial charge in [-0.15, -0.1) is 0 Å². The summed E-state index contributed by atoms with van der Waals surface area (Å²) in [4.78, 5) is 2.30. The third-order valence-corrected chi connectivity index (χ3v) is 4.59.